The molecule has 0 saturated carbocycles. The zero-order valence-electron chi connectivity index (χ0n) is 11.1. The maximum Gasteiger partial charge on any atom is 0.326 e. The first-order valence-corrected chi connectivity index (χ1v) is 6.56. The highest BCUT2D eigenvalue weighted by molar-refractivity contribution is 6.30. The van der Waals surface area contributed by atoms with Gasteiger partial charge in [0.15, 0.2) is 0 Å². The van der Waals surface area contributed by atoms with Crippen molar-refractivity contribution in [2.75, 3.05) is 13.2 Å². The molecule has 3 nitrogen and oxygen atoms in total. The van der Waals surface area contributed by atoms with E-state index in [1.54, 1.807) is 0 Å². The standard InChI is InChI=1S/C14H20ClNO2/c1-4-16-14(3,13(17)18-5-2)10-11-6-8-12(15)9-7-11/h6-9,16H,4-5,10H2,1-3H3. The van der Waals surface area contributed by atoms with Crippen molar-refractivity contribution in [1.82, 2.24) is 5.32 Å². The van der Waals surface area contributed by atoms with Crippen LogP contribution in [0.5, 0.6) is 0 Å². The minimum absolute atomic E-state index is 0.221. The molecule has 0 aliphatic heterocycles. The van der Waals surface area contributed by atoms with Gasteiger partial charge in [-0.05, 0) is 38.1 Å². The van der Waals surface area contributed by atoms with Gasteiger partial charge >= 0.3 is 5.97 Å². The van der Waals surface area contributed by atoms with Gasteiger partial charge in [0.05, 0.1) is 6.61 Å². The highest BCUT2D eigenvalue weighted by Gasteiger charge is 2.33. The second-order valence-electron chi connectivity index (χ2n) is 4.39. The first-order chi connectivity index (χ1) is 8.51. The lowest BCUT2D eigenvalue weighted by atomic mass is 9.92. The molecule has 1 rings (SSSR count). The molecule has 0 aromatic heterocycles. The molecule has 0 saturated heterocycles. The number of carbonyl (C=O) groups is 1. The number of halogens is 1. The summed E-state index contributed by atoms with van der Waals surface area (Å²) < 4.78 is 5.13. The predicted octanol–water partition coefficient (Wildman–Crippen LogP) is 2.81. The Morgan fingerprint density at radius 3 is 2.44 bits per heavy atom. The summed E-state index contributed by atoms with van der Waals surface area (Å²) in [7, 11) is 0. The van der Waals surface area contributed by atoms with E-state index in [4.69, 9.17) is 16.3 Å². The summed E-state index contributed by atoms with van der Waals surface area (Å²) in [6.45, 7) is 6.75. The summed E-state index contributed by atoms with van der Waals surface area (Å²) in [4.78, 5) is 12.0. The number of ether oxygens (including phenoxy) is 1. The third kappa shape index (κ3) is 4.00. The average Bonchev–Trinajstić information content (AvgIpc) is 2.33. The molecule has 0 aliphatic rings. The maximum atomic E-state index is 12.0. The van der Waals surface area contributed by atoms with Crippen molar-refractivity contribution >= 4 is 17.6 Å². The van der Waals surface area contributed by atoms with Gasteiger partial charge in [-0.2, -0.15) is 0 Å². The van der Waals surface area contributed by atoms with Gasteiger partial charge < -0.3 is 10.1 Å². The molecule has 18 heavy (non-hydrogen) atoms. The third-order valence-corrected chi connectivity index (χ3v) is 3.02. The van der Waals surface area contributed by atoms with Crippen molar-refractivity contribution < 1.29 is 9.53 Å². The summed E-state index contributed by atoms with van der Waals surface area (Å²) in [6.07, 6.45) is 0.580. The third-order valence-electron chi connectivity index (χ3n) is 2.76. The summed E-state index contributed by atoms with van der Waals surface area (Å²) in [5.74, 6) is -0.221. The molecule has 0 aliphatic carbocycles. The van der Waals surface area contributed by atoms with Crippen LogP contribution in [0.15, 0.2) is 24.3 Å². The van der Waals surface area contributed by atoms with Crippen LogP contribution < -0.4 is 5.32 Å². The number of nitrogens with one attached hydrogen (secondary N) is 1. The molecular formula is C14H20ClNO2. The lowest BCUT2D eigenvalue weighted by molar-refractivity contribution is -0.150. The molecule has 1 N–H and O–H groups in total. The lowest BCUT2D eigenvalue weighted by Crippen LogP contribution is -2.52. The fourth-order valence-corrected chi connectivity index (χ4v) is 2.02. The van der Waals surface area contributed by atoms with E-state index in [0.29, 0.717) is 24.6 Å². The SMILES string of the molecule is CCNC(C)(Cc1ccc(Cl)cc1)C(=O)OCC. The van der Waals surface area contributed by atoms with Crippen LogP contribution in [0.2, 0.25) is 5.02 Å². The number of hydrogen-bond acceptors (Lipinski definition) is 3. The molecule has 0 amide bonds. The second-order valence-corrected chi connectivity index (χ2v) is 4.82. The van der Waals surface area contributed by atoms with Gasteiger partial charge in [0.2, 0.25) is 0 Å². The number of esters is 1. The fraction of sp³-hybridized carbons (Fsp3) is 0.500. The Labute approximate surface area is 113 Å². The van der Waals surface area contributed by atoms with Gasteiger partial charge in [-0.15, -0.1) is 0 Å². The highest BCUT2D eigenvalue weighted by Crippen LogP contribution is 2.17. The van der Waals surface area contributed by atoms with E-state index in [1.165, 1.54) is 0 Å². The molecule has 0 radical (unpaired) electrons. The van der Waals surface area contributed by atoms with E-state index in [1.807, 2.05) is 45.0 Å². The summed E-state index contributed by atoms with van der Waals surface area (Å²) in [6, 6.07) is 7.51. The quantitative estimate of drug-likeness (QED) is 0.807. The van der Waals surface area contributed by atoms with E-state index >= 15 is 0 Å². The molecule has 100 valence electrons. The predicted molar refractivity (Wildman–Crippen MR) is 73.9 cm³/mol. The molecule has 1 atom stereocenters. The first-order valence-electron chi connectivity index (χ1n) is 6.18. The number of rotatable bonds is 6. The lowest BCUT2D eigenvalue weighted by Gasteiger charge is -2.28. The van der Waals surface area contributed by atoms with Gasteiger partial charge in [0.25, 0.3) is 0 Å². The molecule has 0 bridgehead atoms. The molecule has 0 heterocycles. The fourth-order valence-electron chi connectivity index (χ4n) is 1.90. The molecule has 1 unspecified atom stereocenters. The smallest absolute Gasteiger partial charge is 0.326 e. The molecule has 0 fully saturated rings. The minimum Gasteiger partial charge on any atom is -0.465 e. The zero-order chi connectivity index (χ0) is 13.6. The number of benzene rings is 1. The van der Waals surface area contributed by atoms with E-state index in [0.717, 1.165) is 5.56 Å². The van der Waals surface area contributed by atoms with Crippen LogP contribution >= 0.6 is 11.6 Å². The monoisotopic (exact) mass is 269 g/mol. The Hall–Kier alpha value is -1.06. The Morgan fingerprint density at radius 1 is 1.33 bits per heavy atom. The van der Waals surface area contributed by atoms with E-state index in [2.05, 4.69) is 5.32 Å². The number of likely N-dealkylation sites (N-methyl/N-ethyl adjacent to an activating group) is 1. The van der Waals surface area contributed by atoms with E-state index in [-0.39, 0.29) is 5.97 Å². The molecule has 4 heteroatoms. The molecule has 1 aromatic rings. The van der Waals surface area contributed by atoms with Crippen LogP contribution in [0, 0.1) is 0 Å². The molecular weight excluding hydrogens is 250 g/mol. The molecule has 1 aromatic carbocycles. The van der Waals surface area contributed by atoms with Gasteiger partial charge in [-0.3, -0.25) is 4.79 Å². The summed E-state index contributed by atoms with van der Waals surface area (Å²) in [5.41, 5.74) is 0.356. The Bertz CT molecular complexity index is 391. The summed E-state index contributed by atoms with van der Waals surface area (Å²) >= 11 is 5.85. The van der Waals surface area contributed by atoms with Crippen LogP contribution in [0.3, 0.4) is 0 Å². The van der Waals surface area contributed by atoms with E-state index in [9.17, 15) is 4.79 Å². The van der Waals surface area contributed by atoms with Crippen molar-refractivity contribution in [3.63, 3.8) is 0 Å². The maximum absolute atomic E-state index is 12.0. The zero-order valence-corrected chi connectivity index (χ0v) is 11.9. The largest absolute Gasteiger partial charge is 0.465 e. The van der Waals surface area contributed by atoms with Crippen LogP contribution in [0.25, 0.3) is 0 Å². The molecule has 0 spiro atoms. The minimum atomic E-state index is -0.696. The number of carbonyl (C=O) groups excluding carboxylic acids is 1. The topological polar surface area (TPSA) is 38.3 Å². The van der Waals surface area contributed by atoms with Crippen LogP contribution in [0.4, 0.5) is 0 Å². The second kappa shape index (κ2) is 6.76. The highest BCUT2D eigenvalue weighted by atomic mass is 35.5. The van der Waals surface area contributed by atoms with Crippen molar-refractivity contribution in [2.24, 2.45) is 0 Å². The van der Waals surface area contributed by atoms with Gasteiger partial charge in [0.1, 0.15) is 5.54 Å². The van der Waals surface area contributed by atoms with Gasteiger partial charge in [0, 0.05) is 11.4 Å². The Balaban J connectivity index is 2.84. The van der Waals surface area contributed by atoms with Gasteiger partial charge in [-0.1, -0.05) is 30.7 Å². The Kier molecular flexibility index (Phi) is 5.63. The van der Waals surface area contributed by atoms with Crippen molar-refractivity contribution in [3.05, 3.63) is 34.9 Å². The van der Waals surface area contributed by atoms with E-state index < -0.39 is 5.54 Å². The van der Waals surface area contributed by atoms with Crippen LogP contribution in [-0.2, 0) is 16.0 Å². The Morgan fingerprint density at radius 2 is 1.94 bits per heavy atom. The average molecular weight is 270 g/mol. The first kappa shape index (κ1) is 15.0. The van der Waals surface area contributed by atoms with Crippen molar-refractivity contribution in [1.29, 1.82) is 0 Å². The summed E-state index contributed by atoms with van der Waals surface area (Å²) in [5, 5.41) is 3.89. The van der Waals surface area contributed by atoms with Crippen LogP contribution in [0.1, 0.15) is 26.3 Å². The van der Waals surface area contributed by atoms with Gasteiger partial charge in [-0.25, -0.2) is 0 Å². The van der Waals surface area contributed by atoms with Crippen molar-refractivity contribution in [3.8, 4) is 0 Å². The number of hydrogen-bond donors (Lipinski definition) is 1. The van der Waals surface area contributed by atoms with Crippen molar-refractivity contribution in [2.45, 2.75) is 32.7 Å². The van der Waals surface area contributed by atoms with Crippen LogP contribution in [-0.4, -0.2) is 24.7 Å². The normalized spacial score (nSPS) is 14.0.